The summed E-state index contributed by atoms with van der Waals surface area (Å²) in [7, 11) is 0. The molecule has 0 nitrogen and oxygen atoms in total. The van der Waals surface area contributed by atoms with Gasteiger partial charge in [-0.2, -0.15) is 0 Å². The molecule has 1 aliphatic rings. The topological polar surface area (TPSA) is 0 Å². The standard InChI is InChI=1S/C12H9BrS3/c13-12-6-5-11(16-12)10-4-3-9(15-10)8-2-1-7-14-8/h2-6H,1,7H2. The van der Waals surface area contributed by atoms with Gasteiger partial charge in [0.2, 0.25) is 0 Å². The first-order valence-electron chi connectivity index (χ1n) is 5.02. The molecule has 0 atom stereocenters. The molecule has 0 spiro atoms. The Hall–Kier alpha value is -0.0300. The summed E-state index contributed by atoms with van der Waals surface area (Å²) in [6.07, 6.45) is 3.57. The Kier molecular flexibility index (Phi) is 3.25. The average Bonchev–Trinajstić information content (AvgIpc) is 2.97. The Balaban J connectivity index is 1.93. The molecule has 3 rings (SSSR count). The summed E-state index contributed by atoms with van der Waals surface area (Å²) in [5.74, 6) is 1.24. The maximum atomic E-state index is 3.51. The highest BCUT2D eigenvalue weighted by atomic mass is 79.9. The van der Waals surface area contributed by atoms with Crippen LogP contribution in [0.2, 0.25) is 0 Å². The summed E-state index contributed by atoms with van der Waals surface area (Å²) in [5, 5.41) is 0. The molecule has 0 fully saturated rings. The molecule has 0 unspecified atom stereocenters. The zero-order valence-electron chi connectivity index (χ0n) is 8.40. The molecule has 82 valence electrons. The molecule has 0 aliphatic carbocycles. The number of rotatable bonds is 2. The highest BCUT2D eigenvalue weighted by molar-refractivity contribution is 9.11. The van der Waals surface area contributed by atoms with E-state index < -0.39 is 0 Å². The SMILES string of the molecule is Brc1ccc(-c2ccc(C3=CCCS3)s2)s1. The first-order valence-corrected chi connectivity index (χ1v) is 8.43. The van der Waals surface area contributed by atoms with E-state index in [4.69, 9.17) is 0 Å². The van der Waals surface area contributed by atoms with Crippen molar-refractivity contribution in [2.45, 2.75) is 6.42 Å². The lowest BCUT2D eigenvalue weighted by Crippen LogP contribution is -1.64. The molecule has 0 bridgehead atoms. The maximum absolute atomic E-state index is 3.51. The largest absolute Gasteiger partial charge is 0.134 e. The van der Waals surface area contributed by atoms with Crippen molar-refractivity contribution in [3.05, 3.63) is 39.0 Å². The van der Waals surface area contributed by atoms with E-state index in [0.717, 1.165) is 0 Å². The van der Waals surface area contributed by atoms with Gasteiger partial charge in [0.15, 0.2) is 0 Å². The third-order valence-corrected chi connectivity index (χ3v) is 6.57. The predicted molar refractivity (Wildman–Crippen MR) is 80.4 cm³/mol. The second-order valence-corrected chi connectivity index (χ2v) is 8.16. The zero-order valence-corrected chi connectivity index (χ0v) is 12.4. The first-order chi connectivity index (χ1) is 7.83. The zero-order chi connectivity index (χ0) is 11.0. The van der Waals surface area contributed by atoms with Gasteiger partial charge < -0.3 is 0 Å². The van der Waals surface area contributed by atoms with Crippen LogP contribution in [0.25, 0.3) is 14.7 Å². The molecular formula is C12H9BrS3. The third kappa shape index (κ3) is 2.16. The van der Waals surface area contributed by atoms with Crippen LogP contribution in [-0.4, -0.2) is 5.75 Å². The van der Waals surface area contributed by atoms with E-state index in [1.807, 2.05) is 23.1 Å². The minimum atomic E-state index is 1.20. The van der Waals surface area contributed by atoms with Gasteiger partial charge in [0.05, 0.1) is 3.79 Å². The lowest BCUT2D eigenvalue weighted by molar-refractivity contribution is 1.28. The molecule has 0 radical (unpaired) electrons. The van der Waals surface area contributed by atoms with Crippen LogP contribution in [0.1, 0.15) is 11.3 Å². The Morgan fingerprint density at radius 1 is 0.938 bits per heavy atom. The van der Waals surface area contributed by atoms with Gasteiger partial charge in [0.1, 0.15) is 0 Å². The first kappa shape index (κ1) is 11.1. The molecule has 0 saturated carbocycles. The van der Waals surface area contributed by atoms with Crippen molar-refractivity contribution in [2.24, 2.45) is 0 Å². The summed E-state index contributed by atoms with van der Waals surface area (Å²) in [6, 6.07) is 8.78. The lowest BCUT2D eigenvalue weighted by Gasteiger charge is -1.94. The molecule has 3 heterocycles. The molecule has 1 aliphatic heterocycles. The summed E-state index contributed by atoms with van der Waals surface area (Å²) in [4.78, 5) is 5.61. The number of allylic oxidation sites excluding steroid dienone is 1. The van der Waals surface area contributed by atoms with Crippen LogP contribution in [0.4, 0.5) is 0 Å². The summed E-state index contributed by atoms with van der Waals surface area (Å²) >= 11 is 9.18. The Bertz CT molecular complexity index is 536. The van der Waals surface area contributed by atoms with E-state index in [-0.39, 0.29) is 0 Å². The molecule has 16 heavy (non-hydrogen) atoms. The molecular weight excluding hydrogens is 320 g/mol. The highest BCUT2D eigenvalue weighted by Crippen LogP contribution is 2.42. The summed E-state index contributed by atoms with van der Waals surface area (Å²) in [6.45, 7) is 0. The third-order valence-electron chi connectivity index (χ3n) is 2.37. The van der Waals surface area contributed by atoms with E-state index in [2.05, 4.69) is 46.3 Å². The predicted octanol–water partition coefficient (Wildman–Crippen LogP) is 5.72. The van der Waals surface area contributed by atoms with Gasteiger partial charge in [0, 0.05) is 25.3 Å². The van der Waals surface area contributed by atoms with Gasteiger partial charge >= 0.3 is 0 Å². The van der Waals surface area contributed by atoms with E-state index in [1.165, 1.54) is 35.5 Å². The van der Waals surface area contributed by atoms with E-state index >= 15 is 0 Å². The van der Waals surface area contributed by atoms with Crippen molar-refractivity contribution in [1.29, 1.82) is 0 Å². The van der Waals surface area contributed by atoms with E-state index in [0.29, 0.717) is 0 Å². The molecule has 0 N–H and O–H groups in total. The van der Waals surface area contributed by atoms with Crippen molar-refractivity contribution >= 4 is 55.3 Å². The van der Waals surface area contributed by atoms with Gasteiger partial charge in [0.25, 0.3) is 0 Å². The molecule has 4 heteroatoms. The van der Waals surface area contributed by atoms with Crippen LogP contribution in [0.5, 0.6) is 0 Å². The second kappa shape index (κ2) is 4.69. The summed E-state index contributed by atoms with van der Waals surface area (Å²) < 4.78 is 1.20. The minimum absolute atomic E-state index is 1.20. The van der Waals surface area contributed by atoms with Crippen molar-refractivity contribution in [1.82, 2.24) is 0 Å². The second-order valence-electron chi connectivity index (χ2n) is 3.47. The maximum Gasteiger partial charge on any atom is 0.0705 e. The van der Waals surface area contributed by atoms with Gasteiger partial charge in [-0.1, -0.05) is 6.08 Å². The summed E-state index contributed by atoms with van der Waals surface area (Å²) in [5.41, 5.74) is 0. The number of hydrogen-bond donors (Lipinski definition) is 0. The van der Waals surface area contributed by atoms with Crippen LogP contribution in [0.15, 0.2) is 34.1 Å². The minimum Gasteiger partial charge on any atom is -0.134 e. The van der Waals surface area contributed by atoms with Crippen molar-refractivity contribution in [3.8, 4) is 9.75 Å². The van der Waals surface area contributed by atoms with Crippen LogP contribution in [0.3, 0.4) is 0 Å². The fourth-order valence-electron chi connectivity index (χ4n) is 1.64. The number of thioether (sulfide) groups is 1. The van der Waals surface area contributed by atoms with E-state index in [1.54, 1.807) is 11.3 Å². The monoisotopic (exact) mass is 328 g/mol. The Labute approximate surface area is 116 Å². The van der Waals surface area contributed by atoms with Gasteiger partial charge in [-0.25, -0.2) is 0 Å². The van der Waals surface area contributed by atoms with Crippen molar-refractivity contribution in [3.63, 3.8) is 0 Å². The van der Waals surface area contributed by atoms with Crippen LogP contribution < -0.4 is 0 Å². The van der Waals surface area contributed by atoms with Gasteiger partial charge in [-0.15, -0.1) is 34.4 Å². The number of halogens is 1. The van der Waals surface area contributed by atoms with E-state index in [9.17, 15) is 0 Å². The fraction of sp³-hybridized carbons (Fsp3) is 0.167. The van der Waals surface area contributed by atoms with Gasteiger partial charge in [-0.05, 0) is 46.6 Å². The van der Waals surface area contributed by atoms with Crippen molar-refractivity contribution in [2.75, 3.05) is 5.75 Å². The van der Waals surface area contributed by atoms with Crippen LogP contribution in [-0.2, 0) is 0 Å². The number of hydrogen-bond acceptors (Lipinski definition) is 3. The average molecular weight is 329 g/mol. The molecule has 0 aromatic carbocycles. The molecule has 2 aromatic heterocycles. The van der Waals surface area contributed by atoms with Crippen LogP contribution >= 0.6 is 50.4 Å². The molecule has 0 saturated heterocycles. The highest BCUT2D eigenvalue weighted by Gasteiger charge is 2.11. The lowest BCUT2D eigenvalue weighted by atomic mass is 10.3. The number of thiophene rings is 2. The quantitative estimate of drug-likeness (QED) is 0.679. The fourth-order valence-corrected chi connectivity index (χ4v) is 5.26. The smallest absolute Gasteiger partial charge is 0.0705 e. The van der Waals surface area contributed by atoms with Crippen molar-refractivity contribution < 1.29 is 0 Å². The Morgan fingerprint density at radius 3 is 2.38 bits per heavy atom. The molecule has 0 amide bonds. The normalized spacial score (nSPS) is 15.4. The Morgan fingerprint density at radius 2 is 1.69 bits per heavy atom. The van der Waals surface area contributed by atoms with Gasteiger partial charge in [-0.3, -0.25) is 0 Å². The van der Waals surface area contributed by atoms with Crippen LogP contribution in [0, 0.1) is 0 Å². The molecule has 2 aromatic rings.